The number of piperidine rings is 1. The van der Waals surface area contributed by atoms with Gasteiger partial charge in [0.25, 0.3) is 0 Å². The van der Waals surface area contributed by atoms with Gasteiger partial charge >= 0.3 is 0 Å². The Bertz CT molecular complexity index is 472. The predicted octanol–water partition coefficient (Wildman–Crippen LogP) is 4.19. The van der Waals surface area contributed by atoms with Crippen molar-refractivity contribution in [2.75, 3.05) is 31.6 Å². The van der Waals surface area contributed by atoms with Crippen molar-refractivity contribution in [3.63, 3.8) is 0 Å². The van der Waals surface area contributed by atoms with Gasteiger partial charge in [-0.15, -0.1) is 0 Å². The zero-order valence-electron chi connectivity index (χ0n) is 12.5. The highest BCUT2D eigenvalue weighted by Crippen LogP contribution is 2.43. The predicted molar refractivity (Wildman–Crippen MR) is 90.4 cm³/mol. The van der Waals surface area contributed by atoms with E-state index in [4.69, 9.17) is 0 Å². The molecule has 0 unspecified atom stereocenters. The Kier molecular flexibility index (Phi) is 4.52. The minimum atomic E-state index is 0.354. The van der Waals surface area contributed by atoms with E-state index in [1.807, 2.05) is 11.8 Å². The van der Waals surface area contributed by atoms with Crippen LogP contribution in [0.15, 0.2) is 30.3 Å². The first-order chi connectivity index (χ1) is 9.84. The van der Waals surface area contributed by atoms with Crippen molar-refractivity contribution in [2.24, 2.45) is 0 Å². The first-order valence-corrected chi connectivity index (χ1v) is 9.23. The number of thioether (sulfide) groups is 1. The number of allylic oxidation sites excluding steroid dienone is 1. The fraction of sp³-hybridized carbons (Fsp3) is 0.556. The van der Waals surface area contributed by atoms with Crippen LogP contribution in [-0.2, 0) is 5.41 Å². The zero-order valence-corrected chi connectivity index (χ0v) is 13.3. The SMILES string of the molecule is CSCCCCN1CCC2(C=Cc3ccccc32)CC1. The highest BCUT2D eigenvalue weighted by molar-refractivity contribution is 7.98. The van der Waals surface area contributed by atoms with Crippen LogP contribution in [0.2, 0.25) is 0 Å². The van der Waals surface area contributed by atoms with Crippen molar-refractivity contribution in [1.29, 1.82) is 0 Å². The van der Waals surface area contributed by atoms with Crippen LogP contribution in [0.3, 0.4) is 0 Å². The standard InChI is InChI=1S/C18H25NS/c1-20-15-5-4-12-19-13-10-18(11-14-19)9-8-16-6-2-3-7-17(16)18/h2-3,6-9H,4-5,10-15H2,1H3. The summed E-state index contributed by atoms with van der Waals surface area (Å²) in [5, 5.41) is 0. The second-order valence-electron chi connectivity index (χ2n) is 6.12. The van der Waals surface area contributed by atoms with Gasteiger partial charge in [-0.2, -0.15) is 11.8 Å². The normalized spacial score (nSPS) is 20.4. The number of nitrogens with zero attached hydrogens (tertiary/aromatic N) is 1. The Labute approximate surface area is 127 Å². The third kappa shape index (κ3) is 2.82. The molecule has 1 aromatic carbocycles. The number of fused-ring (bicyclic) bond motifs is 2. The average molecular weight is 287 g/mol. The van der Waals surface area contributed by atoms with Crippen LogP contribution in [0.25, 0.3) is 6.08 Å². The van der Waals surface area contributed by atoms with E-state index in [2.05, 4.69) is 47.6 Å². The van der Waals surface area contributed by atoms with E-state index in [9.17, 15) is 0 Å². The van der Waals surface area contributed by atoms with Crippen molar-refractivity contribution < 1.29 is 0 Å². The number of hydrogen-bond donors (Lipinski definition) is 0. The lowest BCUT2D eigenvalue weighted by atomic mass is 9.74. The summed E-state index contributed by atoms with van der Waals surface area (Å²) in [4.78, 5) is 2.67. The Morgan fingerprint density at radius 1 is 1.15 bits per heavy atom. The molecule has 108 valence electrons. The van der Waals surface area contributed by atoms with E-state index in [1.165, 1.54) is 56.6 Å². The van der Waals surface area contributed by atoms with E-state index >= 15 is 0 Å². The second-order valence-corrected chi connectivity index (χ2v) is 7.10. The number of hydrogen-bond acceptors (Lipinski definition) is 2. The maximum absolute atomic E-state index is 2.67. The van der Waals surface area contributed by atoms with Gasteiger partial charge in [-0.05, 0) is 68.5 Å². The fourth-order valence-corrected chi connectivity index (χ4v) is 4.12. The molecule has 1 aromatic rings. The molecule has 2 heteroatoms. The number of unbranched alkanes of at least 4 members (excludes halogenated alkanes) is 1. The van der Waals surface area contributed by atoms with E-state index in [-0.39, 0.29) is 0 Å². The van der Waals surface area contributed by atoms with E-state index < -0.39 is 0 Å². The number of benzene rings is 1. The van der Waals surface area contributed by atoms with Crippen molar-refractivity contribution in [3.05, 3.63) is 41.5 Å². The lowest BCUT2D eigenvalue weighted by Gasteiger charge is -2.39. The van der Waals surface area contributed by atoms with Crippen LogP contribution in [0.5, 0.6) is 0 Å². The van der Waals surface area contributed by atoms with Crippen LogP contribution in [-0.4, -0.2) is 36.5 Å². The maximum Gasteiger partial charge on any atom is 0.0165 e. The van der Waals surface area contributed by atoms with Crippen molar-refractivity contribution in [2.45, 2.75) is 31.1 Å². The minimum Gasteiger partial charge on any atom is -0.303 e. The molecule has 0 aromatic heterocycles. The molecule has 0 amide bonds. The van der Waals surface area contributed by atoms with Gasteiger partial charge in [0.2, 0.25) is 0 Å². The summed E-state index contributed by atoms with van der Waals surface area (Å²) in [5.41, 5.74) is 3.37. The van der Waals surface area contributed by atoms with Gasteiger partial charge in [0.15, 0.2) is 0 Å². The molecule has 1 nitrogen and oxygen atoms in total. The first kappa shape index (κ1) is 14.2. The van der Waals surface area contributed by atoms with Crippen LogP contribution in [0.4, 0.5) is 0 Å². The molecular formula is C18H25NS. The summed E-state index contributed by atoms with van der Waals surface area (Å²) in [6.45, 7) is 3.82. The summed E-state index contributed by atoms with van der Waals surface area (Å²) < 4.78 is 0. The quantitative estimate of drug-likeness (QED) is 0.747. The molecule has 1 heterocycles. The number of rotatable bonds is 5. The van der Waals surface area contributed by atoms with Crippen molar-refractivity contribution in [1.82, 2.24) is 4.90 Å². The Hall–Kier alpha value is -0.730. The molecule has 1 spiro atoms. The molecule has 1 saturated heterocycles. The van der Waals surface area contributed by atoms with Crippen LogP contribution in [0.1, 0.15) is 36.8 Å². The van der Waals surface area contributed by atoms with Crippen LogP contribution >= 0.6 is 11.8 Å². The topological polar surface area (TPSA) is 3.24 Å². The molecule has 0 atom stereocenters. The number of likely N-dealkylation sites (tertiary alicyclic amines) is 1. The Morgan fingerprint density at radius 2 is 1.95 bits per heavy atom. The molecule has 0 N–H and O–H groups in total. The Balaban J connectivity index is 1.56. The van der Waals surface area contributed by atoms with E-state index in [0.717, 1.165) is 0 Å². The zero-order chi connectivity index (χ0) is 13.8. The highest BCUT2D eigenvalue weighted by atomic mass is 32.2. The lowest BCUT2D eigenvalue weighted by Crippen LogP contribution is -2.41. The first-order valence-electron chi connectivity index (χ1n) is 7.84. The van der Waals surface area contributed by atoms with Crippen LogP contribution < -0.4 is 0 Å². The highest BCUT2D eigenvalue weighted by Gasteiger charge is 2.37. The average Bonchev–Trinajstić information content (AvgIpc) is 2.85. The summed E-state index contributed by atoms with van der Waals surface area (Å²) in [7, 11) is 0. The summed E-state index contributed by atoms with van der Waals surface area (Å²) in [6.07, 6.45) is 12.3. The van der Waals surface area contributed by atoms with Gasteiger partial charge in [0, 0.05) is 5.41 Å². The van der Waals surface area contributed by atoms with Crippen molar-refractivity contribution in [3.8, 4) is 0 Å². The molecule has 0 saturated carbocycles. The molecule has 2 aliphatic rings. The molecule has 1 fully saturated rings. The third-order valence-electron chi connectivity index (χ3n) is 4.90. The molecule has 1 aliphatic carbocycles. The van der Waals surface area contributed by atoms with Crippen LogP contribution in [0, 0.1) is 0 Å². The van der Waals surface area contributed by atoms with Gasteiger partial charge in [0.1, 0.15) is 0 Å². The smallest absolute Gasteiger partial charge is 0.0165 e. The second kappa shape index (κ2) is 6.36. The van der Waals surface area contributed by atoms with Gasteiger partial charge in [-0.3, -0.25) is 0 Å². The van der Waals surface area contributed by atoms with Gasteiger partial charge in [-0.1, -0.05) is 36.4 Å². The van der Waals surface area contributed by atoms with Crippen molar-refractivity contribution >= 4 is 17.8 Å². The lowest BCUT2D eigenvalue weighted by molar-refractivity contribution is 0.182. The molecule has 20 heavy (non-hydrogen) atoms. The van der Waals surface area contributed by atoms with E-state index in [1.54, 1.807) is 5.56 Å². The summed E-state index contributed by atoms with van der Waals surface area (Å²) in [6, 6.07) is 8.95. The third-order valence-corrected chi connectivity index (χ3v) is 5.60. The summed E-state index contributed by atoms with van der Waals surface area (Å²) in [5.74, 6) is 1.31. The molecular weight excluding hydrogens is 262 g/mol. The van der Waals surface area contributed by atoms with Gasteiger partial charge < -0.3 is 4.90 Å². The minimum absolute atomic E-state index is 0.354. The molecule has 0 radical (unpaired) electrons. The molecule has 1 aliphatic heterocycles. The van der Waals surface area contributed by atoms with Gasteiger partial charge in [0.05, 0.1) is 0 Å². The largest absolute Gasteiger partial charge is 0.303 e. The molecule has 3 rings (SSSR count). The monoisotopic (exact) mass is 287 g/mol. The summed E-state index contributed by atoms with van der Waals surface area (Å²) >= 11 is 1.97. The van der Waals surface area contributed by atoms with E-state index in [0.29, 0.717) is 5.41 Å². The van der Waals surface area contributed by atoms with Gasteiger partial charge in [-0.25, -0.2) is 0 Å². The molecule has 0 bridgehead atoms. The Morgan fingerprint density at radius 3 is 2.75 bits per heavy atom. The maximum atomic E-state index is 2.67. The fourth-order valence-electron chi connectivity index (χ4n) is 3.63.